The number of halogens is 1. The van der Waals surface area contributed by atoms with Gasteiger partial charge in [0.2, 0.25) is 0 Å². The summed E-state index contributed by atoms with van der Waals surface area (Å²) in [5, 5.41) is 8.65. The third-order valence-corrected chi connectivity index (χ3v) is 2.73. The van der Waals surface area contributed by atoms with Gasteiger partial charge in [0.25, 0.3) is 0 Å². The molecule has 0 unspecified atom stereocenters. The number of hydrogen-bond acceptors (Lipinski definition) is 2. The van der Waals surface area contributed by atoms with Gasteiger partial charge in [-0.05, 0) is 30.2 Å². The summed E-state index contributed by atoms with van der Waals surface area (Å²) in [4.78, 5) is 0. The van der Waals surface area contributed by atoms with Crippen LogP contribution >= 0.6 is 11.6 Å². The second kappa shape index (κ2) is 5.08. The van der Waals surface area contributed by atoms with Crippen molar-refractivity contribution < 1.29 is 0 Å². The lowest BCUT2D eigenvalue weighted by atomic mass is 10.1. The van der Waals surface area contributed by atoms with E-state index in [1.807, 2.05) is 24.3 Å². The Bertz CT molecular complexity index is 469. The number of aryl methyl sites for hydroxylation is 1. The molecule has 0 aliphatic rings. The van der Waals surface area contributed by atoms with Crippen LogP contribution in [0.25, 0.3) is 11.3 Å². The molecule has 0 bridgehead atoms. The fourth-order valence-electron chi connectivity index (χ4n) is 1.66. The fraction of sp³-hybridized carbons (Fsp3) is 0.231. The van der Waals surface area contributed by atoms with Gasteiger partial charge < -0.3 is 0 Å². The van der Waals surface area contributed by atoms with Gasteiger partial charge in [-0.3, -0.25) is 0 Å². The van der Waals surface area contributed by atoms with Crippen LogP contribution in [0.15, 0.2) is 36.5 Å². The van der Waals surface area contributed by atoms with E-state index in [0.29, 0.717) is 0 Å². The molecule has 1 aromatic carbocycles. The predicted molar refractivity (Wildman–Crippen MR) is 66.5 cm³/mol. The molecule has 1 aromatic heterocycles. The molecule has 0 saturated carbocycles. The first-order chi connectivity index (χ1) is 7.81. The Labute approximate surface area is 100 Å². The molecule has 16 heavy (non-hydrogen) atoms. The van der Waals surface area contributed by atoms with Gasteiger partial charge in [0.1, 0.15) is 0 Å². The minimum Gasteiger partial charge on any atom is -0.159 e. The topological polar surface area (TPSA) is 25.8 Å². The minimum absolute atomic E-state index is 0.742. The second-order valence-electron chi connectivity index (χ2n) is 3.67. The van der Waals surface area contributed by atoms with Gasteiger partial charge >= 0.3 is 0 Å². The number of nitrogens with zero attached hydrogens (tertiary/aromatic N) is 2. The van der Waals surface area contributed by atoms with Crippen molar-refractivity contribution in [2.24, 2.45) is 0 Å². The number of benzene rings is 1. The van der Waals surface area contributed by atoms with E-state index >= 15 is 0 Å². The van der Waals surface area contributed by atoms with Gasteiger partial charge in [-0.15, -0.1) is 0 Å². The number of rotatable bonds is 3. The van der Waals surface area contributed by atoms with E-state index in [1.54, 1.807) is 6.20 Å². The van der Waals surface area contributed by atoms with Crippen molar-refractivity contribution in [2.45, 2.75) is 19.8 Å². The lowest BCUT2D eigenvalue weighted by Gasteiger charge is -2.05. The molecule has 0 atom stereocenters. The molecule has 82 valence electrons. The zero-order valence-electron chi connectivity index (χ0n) is 9.15. The molecule has 0 amide bonds. The smallest absolute Gasteiger partial charge is 0.0944 e. The molecule has 2 aromatic rings. The summed E-state index contributed by atoms with van der Waals surface area (Å²) in [6, 6.07) is 9.89. The minimum atomic E-state index is 0.742. The molecule has 0 aliphatic carbocycles. The summed E-state index contributed by atoms with van der Waals surface area (Å²) in [7, 11) is 0. The Kier molecular flexibility index (Phi) is 3.52. The highest BCUT2D eigenvalue weighted by Gasteiger charge is 2.05. The first-order valence-corrected chi connectivity index (χ1v) is 5.75. The van der Waals surface area contributed by atoms with Crippen molar-refractivity contribution in [1.82, 2.24) is 10.2 Å². The molecule has 0 N–H and O–H groups in total. The van der Waals surface area contributed by atoms with Crippen molar-refractivity contribution in [2.75, 3.05) is 0 Å². The van der Waals surface area contributed by atoms with Gasteiger partial charge in [-0.2, -0.15) is 10.2 Å². The molecule has 0 radical (unpaired) electrons. The van der Waals surface area contributed by atoms with Crippen molar-refractivity contribution in [3.05, 3.63) is 47.1 Å². The Balaban J connectivity index is 2.37. The molecular formula is C13H13ClN2. The lowest BCUT2D eigenvalue weighted by Crippen LogP contribution is -1.89. The van der Waals surface area contributed by atoms with Gasteiger partial charge in [0.05, 0.1) is 10.7 Å². The van der Waals surface area contributed by atoms with E-state index in [4.69, 9.17) is 11.6 Å². The summed E-state index contributed by atoms with van der Waals surface area (Å²) in [5.41, 5.74) is 3.02. The molecule has 2 rings (SSSR count). The van der Waals surface area contributed by atoms with Crippen molar-refractivity contribution in [1.29, 1.82) is 0 Å². The third-order valence-electron chi connectivity index (χ3n) is 2.42. The summed E-state index contributed by atoms with van der Waals surface area (Å²) in [6.45, 7) is 2.16. The summed E-state index contributed by atoms with van der Waals surface area (Å²) in [5.74, 6) is 0. The van der Waals surface area contributed by atoms with Crippen LogP contribution in [-0.2, 0) is 6.42 Å². The highest BCUT2D eigenvalue weighted by molar-refractivity contribution is 6.33. The molecule has 0 aliphatic heterocycles. The Morgan fingerprint density at radius 3 is 2.75 bits per heavy atom. The molecule has 0 saturated heterocycles. The Morgan fingerprint density at radius 1 is 1.25 bits per heavy atom. The Morgan fingerprint density at radius 2 is 2.12 bits per heavy atom. The molecule has 0 fully saturated rings. The van der Waals surface area contributed by atoms with Gasteiger partial charge in [0, 0.05) is 11.8 Å². The van der Waals surface area contributed by atoms with Gasteiger partial charge in [-0.1, -0.05) is 37.1 Å². The summed E-state index contributed by atoms with van der Waals surface area (Å²) < 4.78 is 0. The fourth-order valence-corrected chi connectivity index (χ4v) is 1.96. The maximum atomic E-state index is 6.23. The van der Waals surface area contributed by atoms with E-state index in [1.165, 1.54) is 5.56 Å². The largest absolute Gasteiger partial charge is 0.159 e. The average Bonchev–Trinajstić information content (AvgIpc) is 2.31. The maximum absolute atomic E-state index is 6.23. The van der Waals surface area contributed by atoms with E-state index in [9.17, 15) is 0 Å². The highest BCUT2D eigenvalue weighted by Crippen LogP contribution is 2.27. The lowest BCUT2D eigenvalue weighted by molar-refractivity contribution is 0.922. The van der Waals surface area contributed by atoms with Crippen LogP contribution in [0.5, 0.6) is 0 Å². The molecule has 1 heterocycles. The second-order valence-corrected chi connectivity index (χ2v) is 4.08. The van der Waals surface area contributed by atoms with E-state index in [2.05, 4.69) is 23.2 Å². The van der Waals surface area contributed by atoms with Crippen molar-refractivity contribution >= 4 is 11.6 Å². The van der Waals surface area contributed by atoms with E-state index in [-0.39, 0.29) is 0 Å². The number of hydrogen-bond donors (Lipinski definition) is 0. The normalized spacial score (nSPS) is 10.4. The maximum Gasteiger partial charge on any atom is 0.0944 e. The summed E-state index contributed by atoms with van der Waals surface area (Å²) in [6.07, 6.45) is 3.84. The van der Waals surface area contributed by atoms with E-state index in [0.717, 1.165) is 29.1 Å². The van der Waals surface area contributed by atoms with Crippen LogP contribution in [0.3, 0.4) is 0 Å². The highest BCUT2D eigenvalue weighted by atomic mass is 35.5. The SMILES string of the molecule is CCCc1ccc(-c2cccnn2)c(Cl)c1. The van der Waals surface area contributed by atoms with Crippen LogP contribution in [0, 0.1) is 0 Å². The van der Waals surface area contributed by atoms with Crippen LogP contribution in [0.2, 0.25) is 5.02 Å². The number of aromatic nitrogens is 2. The van der Waals surface area contributed by atoms with Crippen LogP contribution in [0.4, 0.5) is 0 Å². The first-order valence-electron chi connectivity index (χ1n) is 5.37. The quantitative estimate of drug-likeness (QED) is 0.806. The standard InChI is InChI=1S/C13H13ClN2/c1-2-4-10-6-7-11(12(14)9-10)13-5-3-8-15-16-13/h3,5-9H,2,4H2,1H3. The molecule has 2 nitrogen and oxygen atoms in total. The van der Waals surface area contributed by atoms with Gasteiger partial charge in [0.15, 0.2) is 0 Å². The monoisotopic (exact) mass is 232 g/mol. The van der Waals surface area contributed by atoms with Crippen molar-refractivity contribution in [3.8, 4) is 11.3 Å². The molecule has 0 spiro atoms. The van der Waals surface area contributed by atoms with Gasteiger partial charge in [-0.25, -0.2) is 0 Å². The average molecular weight is 233 g/mol. The van der Waals surface area contributed by atoms with Crippen molar-refractivity contribution in [3.63, 3.8) is 0 Å². The predicted octanol–water partition coefficient (Wildman–Crippen LogP) is 3.75. The molecular weight excluding hydrogens is 220 g/mol. The molecule has 3 heteroatoms. The van der Waals surface area contributed by atoms with E-state index < -0.39 is 0 Å². The van der Waals surface area contributed by atoms with Crippen LogP contribution in [-0.4, -0.2) is 10.2 Å². The van der Waals surface area contributed by atoms with Crippen LogP contribution < -0.4 is 0 Å². The zero-order valence-corrected chi connectivity index (χ0v) is 9.91. The zero-order chi connectivity index (χ0) is 11.4. The first kappa shape index (κ1) is 11.1. The third kappa shape index (κ3) is 2.39. The van der Waals surface area contributed by atoms with Crippen LogP contribution in [0.1, 0.15) is 18.9 Å². The summed E-state index contributed by atoms with van der Waals surface area (Å²) >= 11 is 6.23. The Hall–Kier alpha value is -1.41.